The van der Waals surface area contributed by atoms with E-state index in [2.05, 4.69) is 12.3 Å². The monoisotopic (exact) mass is 100 g/mol. The summed E-state index contributed by atoms with van der Waals surface area (Å²) in [5, 5.41) is 17.4. The number of nitrogens with zero attached hydrogens (tertiary/aromatic N) is 1. The van der Waals surface area contributed by atoms with Crippen molar-refractivity contribution in [3.8, 4) is 0 Å². The van der Waals surface area contributed by atoms with Crippen LogP contribution in [0.25, 0.3) is 0 Å². The average molecular weight is 100 g/mol. The normalized spacial score (nSPS) is 7.29. The van der Waals surface area contributed by atoms with Gasteiger partial charge in [-0.1, -0.05) is 6.58 Å². The van der Waals surface area contributed by atoms with Gasteiger partial charge in [0.05, 0.1) is 5.70 Å². The first-order valence-corrected chi connectivity index (χ1v) is 1.71. The lowest BCUT2D eigenvalue weighted by molar-refractivity contribution is -0.00281. The molecule has 0 spiro atoms. The zero-order chi connectivity index (χ0) is 5.86. The highest BCUT2D eigenvalue weighted by atomic mass is 16.8. The molecule has 0 atom stereocenters. The Balaban J connectivity index is 3.81. The van der Waals surface area contributed by atoms with Crippen LogP contribution in [0.2, 0.25) is 0 Å². The lowest BCUT2D eigenvalue weighted by Gasteiger charge is -2.19. The van der Waals surface area contributed by atoms with E-state index in [1.165, 1.54) is 6.92 Å². The Bertz CT molecular complexity index is 102. The minimum absolute atomic E-state index is 0.0694. The van der Waals surface area contributed by atoms with Gasteiger partial charge in [-0.25, -0.2) is 0 Å². The largest absolute Gasteiger partial charge is 0.733 e. The Morgan fingerprint density at radius 1 is 2.00 bits per heavy atom. The second kappa shape index (κ2) is 2.42. The molecule has 0 saturated carbocycles. The van der Waals surface area contributed by atoms with Crippen LogP contribution >= 0.6 is 0 Å². The van der Waals surface area contributed by atoms with Gasteiger partial charge in [0.25, 0.3) is 0 Å². The average Bonchev–Trinajstić information content (AvgIpc) is 1.65. The van der Waals surface area contributed by atoms with E-state index in [1.54, 1.807) is 0 Å². The Labute approximate surface area is 41.7 Å². The number of rotatable bonds is 1. The van der Waals surface area contributed by atoms with Gasteiger partial charge in [0, 0.05) is 0 Å². The molecular formula is C4H6NO2-. The molecule has 40 valence electrons. The molecule has 0 aromatic heterocycles. The minimum atomic E-state index is -0.285. The van der Waals surface area contributed by atoms with E-state index in [0.717, 1.165) is 0 Å². The van der Waals surface area contributed by atoms with E-state index in [-0.39, 0.29) is 10.9 Å². The van der Waals surface area contributed by atoms with E-state index in [1.807, 2.05) is 0 Å². The van der Waals surface area contributed by atoms with Crippen LogP contribution in [-0.2, 0) is 0 Å². The van der Waals surface area contributed by atoms with Crippen molar-refractivity contribution in [2.75, 3.05) is 0 Å². The summed E-state index contributed by atoms with van der Waals surface area (Å²) in [6.45, 7) is 4.52. The number of hydroxylamine groups is 2. The van der Waals surface area contributed by atoms with E-state index in [4.69, 9.17) is 5.21 Å². The molecule has 0 bridgehead atoms. The van der Waals surface area contributed by atoms with E-state index < -0.39 is 0 Å². The van der Waals surface area contributed by atoms with Crippen LogP contribution in [0.3, 0.4) is 0 Å². The zero-order valence-electron chi connectivity index (χ0n) is 4.01. The summed E-state index contributed by atoms with van der Waals surface area (Å²) >= 11 is 0. The van der Waals surface area contributed by atoms with Gasteiger partial charge in [-0.05, 0) is 6.92 Å². The van der Waals surface area contributed by atoms with Crippen LogP contribution in [0.5, 0.6) is 0 Å². The summed E-state index contributed by atoms with van der Waals surface area (Å²) in [5.74, 6) is 0. The lowest BCUT2D eigenvalue weighted by atomic mass is 10.6. The van der Waals surface area contributed by atoms with Gasteiger partial charge in [0.2, 0.25) is 0 Å². The molecule has 0 aliphatic heterocycles. The summed E-state index contributed by atoms with van der Waals surface area (Å²) in [4.78, 5) is 0. The van der Waals surface area contributed by atoms with Gasteiger partial charge in [0.15, 0.2) is 0 Å². The lowest BCUT2D eigenvalue weighted by Crippen LogP contribution is -2.04. The summed E-state index contributed by atoms with van der Waals surface area (Å²) < 4.78 is 0. The molecule has 0 aliphatic carbocycles. The number of hydrogen-bond donors (Lipinski definition) is 1. The molecule has 0 rings (SSSR count). The fourth-order valence-corrected chi connectivity index (χ4v) is 0.0676. The Hall–Kier alpha value is -0.760. The third-order valence-electron chi connectivity index (χ3n) is 0.543. The van der Waals surface area contributed by atoms with Gasteiger partial charge in [-0.3, -0.25) is 5.21 Å². The van der Waals surface area contributed by atoms with Gasteiger partial charge in [0.1, 0.15) is 0 Å². The van der Waals surface area contributed by atoms with Crippen molar-refractivity contribution in [3.05, 3.63) is 23.2 Å². The van der Waals surface area contributed by atoms with Crippen molar-refractivity contribution >= 4 is 0 Å². The van der Waals surface area contributed by atoms with E-state index >= 15 is 0 Å². The first kappa shape index (κ1) is 6.24. The molecule has 7 heavy (non-hydrogen) atoms. The summed E-state index contributed by atoms with van der Waals surface area (Å²) in [5.41, 5.74) is 2.26. The van der Waals surface area contributed by atoms with Crippen molar-refractivity contribution in [2.45, 2.75) is 6.92 Å². The van der Waals surface area contributed by atoms with Crippen molar-refractivity contribution in [2.24, 2.45) is 0 Å². The molecule has 3 nitrogen and oxygen atoms in total. The predicted molar refractivity (Wildman–Crippen MR) is 25.3 cm³/mol. The molecule has 3 heteroatoms. The third kappa shape index (κ3) is 2.00. The molecule has 1 N–H and O–H groups in total. The van der Waals surface area contributed by atoms with Crippen molar-refractivity contribution in [1.82, 2.24) is 5.23 Å². The quantitative estimate of drug-likeness (QED) is 0.392. The first-order chi connectivity index (χ1) is 3.18. The van der Waals surface area contributed by atoms with Crippen molar-refractivity contribution in [1.29, 1.82) is 0 Å². The molecule has 0 saturated heterocycles. The molecule has 0 aliphatic rings. The van der Waals surface area contributed by atoms with Crippen molar-refractivity contribution in [3.63, 3.8) is 0 Å². The van der Waals surface area contributed by atoms with Gasteiger partial charge >= 0.3 is 0 Å². The molecule has 0 unspecified atom stereocenters. The highest BCUT2D eigenvalue weighted by molar-refractivity contribution is 4.89. The van der Waals surface area contributed by atoms with Crippen LogP contribution in [-0.4, -0.2) is 10.4 Å². The van der Waals surface area contributed by atoms with Crippen LogP contribution in [0.15, 0.2) is 18.0 Å². The van der Waals surface area contributed by atoms with Crippen LogP contribution in [0.1, 0.15) is 6.92 Å². The Morgan fingerprint density at radius 2 is 2.43 bits per heavy atom. The summed E-state index contributed by atoms with van der Waals surface area (Å²) in [6.07, 6.45) is 0. The molecule has 0 aromatic carbocycles. The van der Waals surface area contributed by atoms with Gasteiger partial charge < -0.3 is 10.4 Å². The highest BCUT2D eigenvalue weighted by Crippen LogP contribution is 1.90. The maximum absolute atomic E-state index is 9.71. The second-order valence-electron chi connectivity index (χ2n) is 1.04. The molecule has 0 heterocycles. The van der Waals surface area contributed by atoms with E-state index in [0.29, 0.717) is 0 Å². The first-order valence-electron chi connectivity index (χ1n) is 1.71. The standard InChI is InChI=1S/C4H6NO2/c1-3-4(2)5(6)7/h6H,1H2,2H3/q-1. The van der Waals surface area contributed by atoms with Crippen molar-refractivity contribution < 1.29 is 5.21 Å². The minimum Gasteiger partial charge on any atom is -0.733 e. The molecule has 0 amide bonds. The molecular weight excluding hydrogens is 94.0 g/mol. The smallest absolute Gasteiger partial charge is 0.0662 e. The van der Waals surface area contributed by atoms with Crippen LogP contribution in [0, 0.1) is 5.21 Å². The Kier molecular flexibility index (Phi) is 2.16. The summed E-state index contributed by atoms with van der Waals surface area (Å²) in [7, 11) is 0. The van der Waals surface area contributed by atoms with Gasteiger partial charge in [-0.15, -0.1) is 5.73 Å². The van der Waals surface area contributed by atoms with Crippen LogP contribution in [0.4, 0.5) is 0 Å². The SMILES string of the molecule is C=C=C(C)N([O-])O. The van der Waals surface area contributed by atoms with E-state index in [9.17, 15) is 5.21 Å². The zero-order valence-corrected chi connectivity index (χ0v) is 4.01. The fraction of sp³-hybridized carbons (Fsp3) is 0.250. The maximum atomic E-state index is 9.71. The number of hydrogen-bond acceptors (Lipinski definition) is 3. The second-order valence-corrected chi connectivity index (χ2v) is 1.04. The fourth-order valence-electron chi connectivity index (χ4n) is 0.0676. The highest BCUT2D eigenvalue weighted by Gasteiger charge is 1.77. The molecule has 0 aromatic rings. The third-order valence-corrected chi connectivity index (χ3v) is 0.543. The number of allylic oxidation sites excluding steroid dienone is 1. The Morgan fingerprint density at radius 3 is 2.43 bits per heavy atom. The molecule has 0 fully saturated rings. The van der Waals surface area contributed by atoms with Gasteiger partial charge in [-0.2, -0.15) is 0 Å². The van der Waals surface area contributed by atoms with Crippen LogP contribution < -0.4 is 0 Å². The molecule has 0 radical (unpaired) electrons. The predicted octanol–water partition coefficient (Wildman–Crippen LogP) is 0.864. The topological polar surface area (TPSA) is 46.5 Å². The summed E-state index contributed by atoms with van der Waals surface area (Å²) in [6, 6.07) is 0. The maximum Gasteiger partial charge on any atom is 0.0662 e.